The monoisotopic (exact) mass is 356 g/mol. The van der Waals surface area contributed by atoms with Crippen molar-refractivity contribution >= 4 is 23.6 Å². The topological polar surface area (TPSA) is 79.3 Å². The minimum absolute atomic E-state index is 0.373. The van der Waals surface area contributed by atoms with Gasteiger partial charge in [0.1, 0.15) is 5.54 Å². The molecule has 0 aliphatic carbocycles. The molecule has 0 spiro atoms. The quantitative estimate of drug-likeness (QED) is 0.880. The fraction of sp³-hybridized carbons (Fsp3) is 0.316. The molecule has 1 aliphatic rings. The van der Waals surface area contributed by atoms with Gasteiger partial charge in [0.25, 0.3) is 5.91 Å². The van der Waals surface area contributed by atoms with Crippen molar-refractivity contribution < 1.29 is 14.7 Å². The van der Waals surface area contributed by atoms with Crippen molar-refractivity contribution in [3.8, 4) is 11.1 Å². The number of thioether (sulfide) groups is 1. The SMILES string of the molecule is Cc1cccc(-c2cncc(C(=O)NC3(C(=O)O)CCSCC3)c2)c1. The van der Waals surface area contributed by atoms with Crippen LogP contribution in [0.1, 0.15) is 28.8 Å². The van der Waals surface area contributed by atoms with E-state index in [9.17, 15) is 14.7 Å². The number of pyridine rings is 1. The summed E-state index contributed by atoms with van der Waals surface area (Å²) in [4.78, 5) is 28.5. The maximum absolute atomic E-state index is 12.7. The largest absolute Gasteiger partial charge is 0.480 e. The first-order valence-corrected chi connectivity index (χ1v) is 9.31. The second-order valence-corrected chi connectivity index (χ2v) is 7.51. The van der Waals surface area contributed by atoms with E-state index in [-0.39, 0.29) is 0 Å². The van der Waals surface area contributed by atoms with Crippen molar-refractivity contribution in [1.82, 2.24) is 10.3 Å². The molecule has 5 nitrogen and oxygen atoms in total. The standard InChI is InChI=1S/C19H20N2O3S/c1-13-3-2-4-14(9-13)15-10-16(12-20-11-15)17(22)21-19(18(23)24)5-7-25-8-6-19/h2-4,9-12H,5-8H2,1H3,(H,21,22)(H,23,24). The van der Waals surface area contributed by atoms with Gasteiger partial charge in [-0.3, -0.25) is 9.78 Å². The van der Waals surface area contributed by atoms with Crippen molar-refractivity contribution in [2.24, 2.45) is 0 Å². The van der Waals surface area contributed by atoms with Crippen LogP contribution in [0, 0.1) is 6.92 Å². The summed E-state index contributed by atoms with van der Waals surface area (Å²) in [6.07, 6.45) is 4.05. The molecular weight excluding hydrogens is 336 g/mol. The first-order chi connectivity index (χ1) is 12.0. The minimum atomic E-state index is -1.18. The van der Waals surface area contributed by atoms with E-state index in [1.54, 1.807) is 24.0 Å². The second-order valence-electron chi connectivity index (χ2n) is 6.29. The van der Waals surface area contributed by atoms with Crippen LogP contribution in [-0.4, -0.2) is 39.0 Å². The molecule has 3 rings (SSSR count). The van der Waals surface area contributed by atoms with E-state index >= 15 is 0 Å². The number of aliphatic carboxylic acids is 1. The number of aryl methyl sites for hydroxylation is 1. The molecule has 2 N–H and O–H groups in total. The van der Waals surface area contributed by atoms with Crippen molar-refractivity contribution in [3.05, 3.63) is 53.9 Å². The fourth-order valence-corrected chi connectivity index (χ4v) is 4.14. The van der Waals surface area contributed by atoms with Gasteiger partial charge < -0.3 is 10.4 Å². The molecule has 1 fully saturated rings. The van der Waals surface area contributed by atoms with Crippen LogP contribution in [0.3, 0.4) is 0 Å². The Morgan fingerprint density at radius 2 is 1.92 bits per heavy atom. The first-order valence-electron chi connectivity index (χ1n) is 8.16. The highest BCUT2D eigenvalue weighted by atomic mass is 32.2. The van der Waals surface area contributed by atoms with Crippen LogP contribution in [0.4, 0.5) is 0 Å². The third kappa shape index (κ3) is 3.85. The summed E-state index contributed by atoms with van der Waals surface area (Å²) < 4.78 is 0. The molecule has 130 valence electrons. The molecule has 1 aromatic heterocycles. The Balaban J connectivity index is 1.85. The molecule has 0 unspecified atom stereocenters. The van der Waals surface area contributed by atoms with Crippen LogP contribution >= 0.6 is 11.8 Å². The molecule has 1 aliphatic heterocycles. The Bertz CT molecular complexity index is 801. The van der Waals surface area contributed by atoms with E-state index in [0.717, 1.165) is 28.2 Å². The number of benzene rings is 1. The van der Waals surface area contributed by atoms with E-state index < -0.39 is 17.4 Å². The fourth-order valence-electron chi connectivity index (χ4n) is 2.95. The van der Waals surface area contributed by atoms with Gasteiger partial charge in [-0.1, -0.05) is 29.8 Å². The van der Waals surface area contributed by atoms with Crippen LogP contribution in [0.25, 0.3) is 11.1 Å². The molecule has 0 radical (unpaired) electrons. The van der Waals surface area contributed by atoms with Gasteiger partial charge in [0.15, 0.2) is 0 Å². The number of carboxylic acids is 1. The number of amides is 1. The number of carbonyl (C=O) groups is 2. The Kier molecular flexibility index (Phi) is 5.08. The van der Waals surface area contributed by atoms with Crippen LogP contribution in [-0.2, 0) is 4.79 Å². The number of nitrogens with zero attached hydrogens (tertiary/aromatic N) is 1. The average Bonchev–Trinajstić information content (AvgIpc) is 2.62. The summed E-state index contributed by atoms with van der Waals surface area (Å²) in [6, 6.07) is 9.70. The summed E-state index contributed by atoms with van der Waals surface area (Å²) in [6.45, 7) is 2.01. The number of rotatable bonds is 4. The Labute approximate surface area is 150 Å². The summed E-state index contributed by atoms with van der Waals surface area (Å²) in [7, 11) is 0. The number of aromatic nitrogens is 1. The van der Waals surface area contributed by atoms with E-state index in [2.05, 4.69) is 10.3 Å². The summed E-state index contributed by atoms with van der Waals surface area (Å²) >= 11 is 1.71. The van der Waals surface area contributed by atoms with Gasteiger partial charge in [-0.05, 0) is 42.9 Å². The van der Waals surface area contributed by atoms with Crippen molar-refractivity contribution in [2.75, 3.05) is 11.5 Å². The zero-order chi connectivity index (χ0) is 17.9. The van der Waals surface area contributed by atoms with Gasteiger partial charge in [-0.15, -0.1) is 0 Å². The van der Waals surface area contributed by atoms with Crippen LogP contribution in [0.2, 0.25) is 0 Å². The van der Waals surface area contributed by atoms with Crippen LogP contribution < -0.4 is 5.32 Å². The molecule has 2 aromatic rings. The van der Waals surface area contributed by atoms with Gasteiger partial charge in [0, 0.05) is 18.0 Å². The van der Waals surface area contributed by atoms with Crippen molar-refractivity contribution in [1.29, 1.82) is 0 Å². The highest BCUT2D eigenvalue weighted by molar-refractivity contribution is 7.99. The predicted octanol–water partition coefficient (Wildman–Crippen LogP) is 3.14. The molecular formula is C19H20N2O3S. The lowest BCUT2D eigenvalue weighted by atomic mass is 9.91. The lowest BCUT2D eigenvalue weighted by Crippen LogP contribution is -2.56. The molecule has 0 saturated carbocycles. The van der Waals surface area contributed by atoms with Crippen molar-refractivity contribution in [2.45, 2.75) is 25.3 Å². The lowest BCUT2D eigenvalue weighted by molar-refractivity contribution is -0.144. The molecule has 1 saturated heterocycles. The van der Waals surface area contributed by atoms with Gasteiger partial charge in [-0.25, -0.2) is 4.79 Å². The zero-order valence-electron chi connectivity index (χ0n) is 14.0. The molecule has 2 heterocycles. The van der Waals surface area contributed by atoms with Crippen LogP contribution in [0.15, 0.2) is 42.7 Å². The summed E-state index contributed by atoms with van der Waals surface area (Å²) in [5.41, 5.74) is 2.13. The average molecular weight is 356 g/mol. The minimum Gasteiger partial charge on any atom is -0.480 e. The van der Waals surface area contributed by atoms with Gasteiger partial charge in [-0.2, -0.15) is 11.8 Å². The molecule has 0 atom stereocenters. The molecule has 6 heteroatoms. The van der Waals surface area contributed by atoms with Gasteiger partial charge >= 0.3 is 5.97 Å². The first kappa shape index (κ1) is 17.5. The second kappa shape index (κ2) is 7.27. The third-order valence-corrected chi connectivity index (χ3v) is 5.45. The van der Waals surface area contributed by atoms with Gasteiger partial charge in [0.2, 0.25) is 0 Å². The zero-order valence-corrected chi connectivity index (χ0v) is 14.8. The number of hydrogen-bond acceptors (Lipinski definition) is 4. The van der Waals surface area contributed by atoms with E-state index in [1.807, 2.05) is 31.2 Å². The summed E-state index contributed by atoms with van der Waals surface area (Å²) in [5, 5.41) is 12.4. The number of carbonyl (C=O) groups excluding carboxylic acids is 1. The number of carboxylic acid groups (broad SMARTS) is 1. The van der Waals surface area contributed by atoms with Crippen LogP contribution in [0.5, 0.6) is 0 Å². The Morgan fingerprint density at radius 3 is 2.60 bits per heavy atom. The lowest BCUT2D eigenvalue weighted by Gasteiger charge is -2.33. The molecule has 0 bridgehead atoms. The Hall–Kier alpha value is -2.34. The maximum atomic E-state index is 12.7. The number of nitrogens with one attached hydrogen (secondary N) is 1. The normalized spacial score (nSPS) is 16.2. The third-order valence-electron chi connectivity index (χ3n) is 4.46. The highest BCUT2D eigenvalue weighted by Crippen LogP contribution is 2.28. The van der Waals surface area contributed by atoms with Gasteiger partial charge in [0.05, 0.1) is 5.56 Å². The predicted molar refractivity (Wildman–Crippen MR) is 98.8 cm³/mol. The smallest absolute Gasteiger partial charge is 0.329 e. The molecule has 1 amide bonds. The van der Waals surface area contributed by atoms with E-state index in [0.29, 0.717) is 18.4 Å². The molecule has 25 heavy (non-hydrogen) atoms. The summed E-state index contributed by atoms with van der Waals surface area (Å²) in [5.74, 6) is 0.0998. The van der Waals surface area contributed by atoms with E-state index in [4.69, 9.17) is 0 Å². The maximum Gasteiger partial charge on any atom is 0.329 e. The van der Waals surface area contributed by atoms with Crippen molar-refractivity contribution in [3.63, 3.8) is 0 Å². The Morgan fingerprint density at radius 1 is 1.16 bits per heavy atom. The van der Waals surface area contributed by atoms with E-state index in [1.165, 1.54) is 6.20 Å². The highest BCUT2D eigenvalue weighted by Gasteiger charge is 2.41. The molecule has 1 aromatic carbocycles. The number of hydrogen-bond donors (Lipinski definition) is 2.